The zero-order valence-electron chi connectivity index (χ0n) is 2.91. The average Bonchev–Trinajstić information content (AvgIpc) is 0.811. The van der Waals surface area contributed by atoms with E-state index in [1.807, 2.05) is 0 Å². The van der Waals surface area contributed by atoms with E-state index < -0.39 is 0 Å². The smallest absolute Gasteiger partial charge is 0.126 e. The van der Waals surface area contributed by atoms with Gasteiger partial charge in [-0.1, -0.05) is 0 Å². The maximum Gasteiger partial charge on any atom is 0.126 e. The van der Waals surface area contributed by atoms with Gasteiger partial charge in [-0.2, -0.15) is 0 Å². The van der Waals surface area contributed by atoms with Crippen LogP contribution in [0.15, 0.2) is 0 Å². The summed E-state index contributed by atoms with van der Waals surface area (Å²) in [5, 5.41) is 0. The molecule has 0 unspecified atom stereocenters. The molecule has 0 amide bonds. The number of carbonyl (C=O) groups is 1. The Morgan fingerprint density at radius 3 is 1.50 bits per heavy atom. The number of Topliss-reactive ketones (excluding diaryl/α,β-unsaturated/α-hetero) is 1. The van der Waals surface area contributed by atoms with Crippen molar-refractivity contribution >= 4 is 5.78 Å². The number of ketones is 1. The van der Waals surface area contributed by atoms with E-state index >= 15 is 0 Å². The predicted molar refractivity (Wildman–Crippen MR) is 16.4 cm³/mol. The van der Waals surface area contributed by atoms with E-state index in [1.54, 1.807) is 0 Å². The topological polar surface area (TPSA) is 17.1 Å². The SMILES string of the molecule is C[14C](C)=O. The van der Waals surface area contributed by atoms with Crippen molar-refractivity contribution in [1.82, 2.24) is 0 Å². The van der Waals surface area contributed by atoms with Gasteiger partial charge in [0.25, 0.3) is 0 Å². The fourth-order valence-corrected chi connectivity index (χ4v) is 0. The van der Waals surface area contributed by atoms with Crippen molar-refractivity contribution in [3.8, 4) is 0 Å². The van der Waals surface area contributed by atoms with Gasteiger partial charge in [-0.25, -0.2) is 0 Å². The molecule has 0 aromatic rings. The zero-order valence-corrected chi connectivity index (χ0v) is 2.91. The van der Waals surface area contributed by atoms with Crippen LogP contribution in [0, 0.1) is 0 Å². The molecule has 1 heteroatoms. The van der Waals surface area contributed by atoms with Crippen LogP contribution in [0.1, 0.15) is 13.8 Å². The van der Waals surface area contributed by atoms with Crippen LogP contribution >= 0.6 is 0 Å². The van der Waals surface area contributed by atoms with Gasteiger partial charge >= 0.3 is 0 Å². The maximum atomic E-state index is 9.44. The molecular formula is C3H6O. The van der Waals surface area contributed by atoms with Gasteiger partial charge in [0.05, 0.1) is 0 Å². The lowest BCUT2D eigenvalue weighted by Crippen LogP contribution is -1.69. The van der Waals surface area contributed by atoms with Gasteiger partial charge in [0.2, 0.25) is 0 Å². The Labute approximate surface area is 25.6 Å². The second-order valence-corrected chi connectivity index (χ2v) is 0.908. The molecular weight excluding hydrogens is 54.0 g/mol. The van der Waals surface area contributed by atoms with Crippen molar-refractivity contribution in [3.63, 3.8) is 0 Å². The summed E-state index contributed by atoms with van der Waals surface area (Å²) >= 11 is 0. The number of hydrogen-bond acceptors (Lipinski definition) is 1. The lowest BCUT2D eigenvalue weighted by atomic mass is 11.3. The Morgan fingerprint density at radius 2 is 1.50 bits per heavy atom. The van der Waals surface area contributed by atoms with E-state index in [9.17, 15) is 4.79 Å². The average molecular weight is 60.1 g/mol. The summed E-state index contributed by atoms with van der Waals surface area (Å²) in [7, 11) is 0. The highest BCUT2D eigenvalue weighted by atomic mass is 16.3. The Morgan fingerprint density at radius 1 is 1.50 bits per heavy atom. The first-order chi connectivity index (χ1) is 1.73. The summed E-state index contributed by atoms with van der Waals surface area (Å²) in [6.07, 6.45) is 0. The molecule has 0 aromatic heterocycles. The standard InChI is InChI=1S/C3H6O/c1-3(2)4/h1-2H3/i3+2. The third-order valence-corrected chi connectivity index (χ3v) is 0. The van der Waals surface area contributed by atoms with E-state index in [2.05, 4.69) is 0 Å². The minimum absolute atomic E-state index is 0.167. The molecule has 0 bridgehead atoms. The fraction of sp³-hybridized carbons (Fsp3) is 0.667. The first-order valence-electron chi connectivity index (χ1n) is 1.20. The second-order valence-electron chi connectivity index (χ2n) is 0.908. The lowest BCUT2D eigenvalue weighted by molar-refractivity contribution is -0.114. The van der Waals surface area contributed by atoms with Crippen LogP contribution < -0.4 is 0 Å². The Hall–Kier alpha value is -0.330. The van der Waals surface area contributed by atoms with Crippen LogP contribution in [0.3, 0.4) is 0 Å². The van der Waals surface area contributed by atoms with Crippen LogP contribution in [0.25, 0.3) is 0 Å². The minimum atomic E-state index is 0.167. The van der Waals surface area contributed by atoms with E-state index in [-0.39, 0.29) is 5.78 Å². The molecule has 0 aliphatic carbocycles. The predicted octanol–water partition coefficient (Wildman–Crippen LogP) is 0.595. The van der Waals surface area contributed by atoms with E-state index in [0.29, 0.717) is 0 Å². The highest BCUT2D eigenvalue weighted by Gasteiger charge is 1.62. The van der Waals surface area contributed by atoms with E-state index in [1.165, 1.54) is 13.8 Å². The zero-order chi connectivity index (χ0) is 3.58. The van der Waals surface area contributed by atoms with Gasteiger partial charge in [0.1, 0.15) is 5.78 Å². The molecule has 1 nitrogen and oxygen atoms in total. The molecule has 0 radical (unpaired) electrons. The Bertz CT molecular complexity index is 26.3. The molecule has 0 rings (SSSR count). The van der Waals surface area contributed by atoms with Gasteiger partial charge in [0, 0.05) is 0 Å². The summed E-state index contributed by atoms with van der Waals surface area (Å²) in [4.78, 5) is 9.44. The molecule has 24 valence electrons. The van der Waals surface area contributed by atoms with Crippen LogP contribution in [0.2, 0.25) is 0 Å². The van der Waals surface area contributed by atoms with Crippen molar-refractivity contribution in [1.29, 1.82) is 0 Å². The van der Waals surface area contributed by atoms with Crippen LogP contribution in [-0.4, -0.2) is 5.78 Å². The summed E-state index contributed by atoms with van der Waals surface area (Å²) < 4.78 is 0. The van der Waals surface area contributed by atoms with E-state index in [0.717, 1.165) is 0 Å². The summed E-state index contributed by atoms with van der Waals surface area (Å²) in [5.41, 5.74) is 0. The summed E-state index contributed by atoms with van der Waals surface area (Å²) in [6, 6.07) is 0. The Kier molecular flexibility index (Phi) is 0.958. The summed E-state index contributed by atoms with van der Waals surface area (Å²) in [5.74, 6) is 0.167. The lowest BCUT2D eigenvalue weighted by Gasteiger charge is -1.56. The molecule has 0 aliphatic rings. The second kappa shape index (κ2) is 1.04. The largest absolute Gasteiger partial charge is 0.300 e. The van der Waals surface area contributed by atoms with Crippen LogP contribution in [0.4, 0.5) is 0 Å². The van der Waals surface area contributed by atoms with Crippen LogP contribution in [-0.2, 0) is 4.79 Å². The monoisotopic (exact) mass is 60.0 g/mol. The van der Waals surface area contributed by atoms with Gasteiger partial charge in [-0.05, 0) is 13.8 Å². The van der Waals surface area contributed by atoms with Crippen LogP contribution in [0.5, 0.6) is 0 Å². The van der Waals surface area contributed by atoms with Crippen molar-refractivity contribution in [2.45, 2.75) is 13.8 Å². The Balaban J connectivity index is 2.80. The maximum absolute atomic E-state index is 9.44. The highest BCUT2D eigenvalue weighted by Crippen LogP contribution is 1.50. The van der Waals surface area contributed by atoms with Gasteiger partial charge in [-0.3, -0.25) is 0 Å². The molecule has 4 heavy (non-hydrogen) atoms. The third kappa shape index (κ3) is 6.88. The minimum Gasteiger partial charge on any atom is -0.300 e. The van der Waals surface area contributed by atoms with Gasteiger partial charge in [0.15, 0.2) is 0 Å². The van der Waals surface area contributed by atoms with Crippen molar-refractivity contribution in [2.75, 3.05) is 0 Å². The van der Waals surface area contributed by atoms with E-state index in [4.69, 9.17) is 0 Å². The van der Waals surface area contributed by atoms with Crippen molar-refractivity contribution in [2.24, 2.45) is 0 Å². The first kappa shape index (κ1) is 3.67. The molecule has 0 aromatic carbocycles. The molecule has 0 saturated heterocycles. The molecule has 0 aliphatic heterocycles. The van der Waals surface area contributed by atoms with Gasteiger partial charge in [-0.15, -0.1) is 0 Å². The normalized spacial score (nSPS) is 6.50. The molecule has 0 N–H and O–H groups in total. The molecule has 0 saturated carbocycles. The van der Waals surface area contributed by atoms with Crippen molar-refractivity contribution in [3.05, 3.63) is 0 Å². The number of carbonyl (C=O) groups excluding carboxylic acids is 1. The third-order valence-electron chi connectivity index (χ3n) is 0. The first-order valence-corrected chi connectivity index (χ1v) is 1.20. The number of rotatable bonds is 0. The molecule has 0 atom stereocenters. The highest BCUT2D eigenvalue weighted by molar-refractivity contribution is 5.72. The fourth-order valence-electron chi connectivity index (χ4n) is 0. The quantitative estimate of drug-likeness (QED) is 0.400. The van der Waals surface area contributed by atoms with Gasteiger partial charge < -0.3 is 4.79 Å². The molecule has 0 spiro atoms. The number of hydrogen-bond donors (Lipinski definition) is 0. The summed E-state index contributed by atoms with van der Waals surface area (Å²) in [6.45, 7) is 3.06. The molecule has 0 fully saturated rings. The molecule has 0 heterocycles. The van der Waals surface area contributed by atoms with Crippen molar-refractivity contribution < 1.29 is 4.79 Å².